The van der Waals surface area contributed by atoms with Crippen molar-refractivity contribution in [3.63, 3.8) is 0 Å². The van der Waals surface area contributed by atoms with Gasteiger partial charge in [0.1, 0.15) is 16.8 Å². The first-order chi connectivity index (χ1) is 14.2. The number of amides is 1. The van der Waals surface area contributed by atoms with Crippen molar-refractivity contribution in [3.8, 4) is 11.8 Å². The van der Waals surface area contributed by atoms with Crippen LogP contribution in [0.25, 0.3) is 10.2 Å². The molecule has 1 N–H and O–H groups in total. The number of thiazole rings is 1. The Balaban J connectivity index is 1.35. The summed E-state index contributed by atoms with van der Waals surface area (Å²) in [6.45, 7) is 2.55. The molecule has 8 heteroatoms. The molecule has 0 unspecified atom stereocenters. The molecule has 1 aromatic carbocycles. The molecule has 2 aromatic heterocycles. The highest BCUT2D eigenvalue weighted by Gasteiger charge is 2.17. The van der Waals surface area contributed by atoms with Crippen LogP contribution in [0, 0.1) is 11.3 Å². The number of carbonyl (C=O) groups is 1. The highest BCUT2D eigenvalue weighted by atomic mass is 32.2. The van der Waals surface area contributed by atoms with Crippen molar-refractivity contribution in [2.24, 2.45) is 0 Å². The summed E-state index contributed by atoms with van der Waals surface area (Å²) in [5, 5.41) is 13.6. The van der Waals surface area contributed by atoms with E-state index < -0.39 is 0 Å². The van der Waals surface area contributed by atoms with Crippen molar-refractivity contribution in [2.45, 2.75) is 37.6 Å². The maximum absolute atomic E-state index is 12.3. The van der Waals surface area contributed by atoms with Crippen LogP contribution in [0.15, 0.2) is 29.3 Å². The van der Waals surface area contributed by atoms with E-state index in [1.54, 1.807) is 0 Å². The molecule has 0 bridgehead atoms. The number of ether oxygens (including phenoxy) is 1. The zero-order chi connectivity index (χ0) is 20.2. The number of anilines is 1. The van der Waals surface area contributed by atoms with E-state index in [1.807, 2.05) is 31.2 Å². The van der Waals surface area contributed by atoms with Crippen LogP contribution in [0.4, 0.5) is 5.13 Å². The molecule has 2 heterocycles. The molecule has 0 atom stereocenters. The number of rotatable bonds is 7. The molecule has 4 rings (SSSR count). The topological polar surface area (TPSA) is 87.9 Å². The van der Waals surface area contributed by atoms with Crippen LogP contribution in [0.1, 0.15) is 36.6 Å². The molecule has 1 aliphatic carbocycles. The summed E-state index contributed by atoms with van der Waals surface area (Å²) >= 11 is 2.89. The molecule has 0 saturated carbocycles. The Hall–Kier alpha value is -2.63. The minimum absolute atomic E-state index is 0.0961. The molecule has 3 aromatic rings. The molecule has 1 amide bonds. The van der Waals surface area contributed by atoms with Gasteiger partial charge in [-0.3, -0.25) is 4.79 Å². The van der Waals surface area contributed by atoms with E-state index in [9.17, 15) is 10.1 Å². The summed E-state index contributed by atoms with van der Waals surface area (Å²) in [4.78, 5) is 21.4. The Morgan fingerprint density at radius 3 is 3.07 bits per heavy atom. The van der Waals surface area contributed by atoms with E-state index >= 15 is 0 Å². The predicted octanol–water partition coefficient (Wildman–Crippen LogP) is 4.57. The largest absolute Gasteiger partial charge is 0.494 e. The van der Waals surface area contributed by atoms with Crippen molar-refractivity contribution < 1.29 is 9.53 Å². The Bertz CT molecular complexity index is 1100. The number of nitrogens with one attached hydrogen (secondary N) is 1. The number of nitrogens with zero attached hydrogens (tertiary/aromatic N) is 3. The summed E-state index contributed by atoms with van der Waals surface area (Å²) < 4.78 is 6.48. The maximum Gasteiger partial charge on any atom is 0.226 e. The lowest BCUT2D eigenvalue weighted by Gasteiger charge is -2.06. The van der Waals surface area contributed by atoms with Gasteiger partial charge in [0.2, 0.25) is 5.91 Å². The van der Waals surface area contributed by atoms with Gasteiger partial charge in [-0.1, -0.05) is 11.3 Å². The van der Waals surface area contributed by atoms with Gasteiger partial charge in [0.05, 0.1) is 22.4 Å². The minimum atomic E-state index is -0.0961. The third-order valence-electron chi connectivity index (χ3n) is 4.62. The molecular weight excluding hydrogens is 404 g/mol. The number of nitriles is 1. The molecule has 0 aliphatic heterocycles. The quantitative estimate of drug-likeness (QED) is 0.559. The van der Waals surface area contributed by atoms with Crippen LogP contribution < -0.4 is 10.1 Å². The fraction of sp³-hybridized carbons (Fsp3) is 0.333. The summed E-state index contributed by atoms with van der Waals surface area (Å²) in [7, 11) is 0. The summed E-state index contributed by atoms with van der Waals surface area (Å²) in [5.41, 5.74) is 3.72. The average Bonchev–Trinajstić information content (AvgIpc) is 3.32. The lowest BCUT2D eigenvalue weighted by molar-refractivity contribution is -0.115. The number of aromatic nitrogens is 2. The zero-order valence-electron chi connectivity index (χ0n) is 16.0. The van der Waals surface area contributed by atoms with E-state index in [-0.39, 0.29) is 5.91 Å². The number of hydrogen-bond donors (Lipinski definition) is 1. The van der Waals surface area contributed by atoms with Gasteiger partial charge in [0.25, 0.3) is 0 Å². The number of fused-ring (bicyclic) bond motifs is 2. The normalized spacial score (nSPS) is 12.6. The fourth-order valence-electron chi connectivity index (χ4n) is 3.28. The van der Waals surface area contributed by atoms with E-state index in [0.717, 1.165) is 45.9 Å². The van der Waals surface area contributed by atoms with Gasteiger partial charge in [-0.25, -0.2) is 9.97 Å². The van der Waals surface area contributed by atoms with Gasteiger partial charge in [-0.05, 0) is 56.0 Å². The molecule has 6 nitrogen and oxygen atoms in total. The number of benzene rings is 1. The van der Waals surface area contributed by atoms with Crippen LogP contribution in [-0.4, -0.2) is 28.2 Å². The highest BCUT2D eigenvalue weighted by Crippen LogP contribution is 2.30. The van der Waals surface area contributed by atoms with Crippen molar-refractivity contribution in [1.29, 1.82) is 5.26 Å². The molecule has 0 saturated heterocycles. The van der Waals surface area contributed by atoms with E-state index in [1.165, 1.54) is 28.7 Å². The van der Waals surface area contributed by atoms with Gasteiger partial charge in [-0.2, -0.15) is 5.26 Å². The van der Waals surface area contributed by atoms with Crippen LogP contribution in [-0.2, 0) is 17.6 Å². The number of hydrogen-bond acceptors (Lipinski definition) is 7. The van der Waals surface area contributed by atoms with Crippen molar-refractivity contribution >= 4 is 44.4 Å². The van der Waals surface area contributed by atoms with Gasteiger partial charge >= 0.3 is 0 Å². The monoisotopic (exact) mass is 424 g/mol. The number of aryl methyl sites for hydroxylation is 2. The van der Waals surface area contributed by atoms with Crippen LogP contribution in [0.2, 0.25) is 0 Å². The van der Waals surface area contributed by atoms with Crippen molar-refractivity contribution in [2.75, 3.05) is 17.7 Å². The highest BCUT2D eigenvalue weighted by molar-refractivity contribution is 7.99. The predicted molar refractivity (Wildman–Crippen MR) is 116 cm³/mol. The van der Waals surface area contributed by atoms with Crippen LogP contribution in [0.5, 0.6) is 5.75 Å². The third kappa shape index (κ3) is 4.52. The molecule has 0 spiro atoms. The van der Waals surface area contributed by atoms with E-state index in [0.29, 0.717) is 29.5 Å². The summed E-state index contributed by atoms with van der Waals surface area (Å²) in [6.07, 6.45) is 3.39. The molecule has 148 valence electrons. The molecule has 1 aliphatic rings. The zero-order valence-corrected chi connectivity index (χ0v) is 17.7. The Morgan fingerprint density at radius 1 is 1.34 bits per heavy atom. The first kappa shape index (κ1) is 19.7. The molecule has 0 radical (unpaired) electrons. The smallest absolute Gasteiger partial charge is 0.226 e. The summed E-state index contributed by atoms with van der Waals surface area (Å²) in [6, 6.07) is 9.89. The third-order valence-corrected chi connectivity index (χ3v) is 6.55. The second-order valence-electron chi connectivity index (χ2n) is 6.64. The lowest BCUT2D eigenvalue weighted by atomic mass is 10.2. The average molecular weight is 425 g/mol. The van der Waals surface area contributed by atoms with E-state index in [4.69, 9.17) is 4.74 Å². The molecule has 29 heavy (non-hydrogen) atoms. The van der Waals surface area contributed by atoms with E-state index in [2.05, 4.69) is 21.4 Å². The number of pyridine rings is 1. The van der Waals surface area contributed by atoms with Gasteiger partial charge in [0.15, 0.2) is 5.13 Å². The van der Waals surface area contributed by atoms with Gasteiger partial charge < -0.3 is 10.1 Å². The Kier molecular flexibility index (Phi) is 5.97. The second kappa shape index (κ2) is 8.80. The first-order valence-electron chi connectivity index (χ1n) is 9.55. The standard InChI is InChI=1S/C21H20N4O2S2/c1-2-27-15-6-7-17-18(11-15)29-21(24-17)25-19(26)8-9-28-20-14(12-22)10-13-4-3-5-16(13)23-20/h6-7,10-11H,2-5,8-9H2,1H3,(H,24,25,26). The first-order valence-corrected chi connectivity index (χ1v) is 11.4. The van der Waals surface area contributed by atoms with Gasteiger partial charge in [-0.15, -0.1) is 11.8 Å². The number of thioether (sulfide) groups is 1. The van der Waals surface area contributed by atoms with Crippen LogP contribution >= 0.6 is 23.1 Å². The maximum atomic E-state index is 12.3. The second-order valence-corrected chi connectivity index (χ2v) is 8.75. The van der Waals surface area contributed by atoms with Crippen molar-refractivity contribution in [3.05, 3.63) is 41.1 Å². The van der Waals surface area contributed by atoms with Crippen LogP contribution in [0.3, 0.4) is 0 Å². The van der Waals surface area contributed by atoms with Gasteiger partial charge in [0, 0.05) is 17.9 Å². The Labute approximate surface area is 177 Å². The Morgan fingerprint density at radius 2 is 2.24 bits per heavy atom. The molecular formula is C21H20N4O2S2. The fourth-order valence-corrected chi connectivity index (χ4v) is 5.11. The number of carbonyl (C=O) groups excluding carboxylic acids is 1. The lowest BCUT2D eigenvalue weighted by Crippen LogP contribution is -2.12. The SMILES string of the molecule is CCOc1ccc2nc(NC(=O)CCSc3nc4c(cc3C#N)CCC4)sc2c1. The minimum Gasteiger partial charge on any atom is -0.494 e. The summed E-state index contributed by atoms with van der Waals surface area (Å²) in [5.74, 6) is 1.26. The van der Waals surface area contributed by atoms with Crippen molar-refractivity contribution in [1.82, 2.24) is 9.97 Å². The molecule has 0 fully saturated rings.